The molecule has 0 unspecified atom stereocenters. The fourth-order valence-electron chi connectivity index (χ4n) is 2.29. The van der Waals surface area contributed by atoms with Crippen molar-refractivity contribution in [2.24, 2.45) is 0 Å². The number of fused-ring (bicyclic) bond motifs is 1. The molecule has 2 aromatic rings. The lowest BCUT2D eigenvalue weighted by Crippen LogP contribution is -2.05. The van der Waals surface area contributed by atoms with Crippen molar-refractivity contribution in [3.8, 4) is 5.75 Å². The molecule has 0 saturated carbocycles. The Labute approximate surface area is 131 Å². The summed E-state index contributed by atoms with van der Waals surface area (Å²) in [5.74, 6) is 0.302. The minimum atomic E-state index is -0.277. The summed E-state index contributed by atoms with van der Waals surface area (Å²) in [6.45, 7) is 0.548. The first-order chi connectivity index (χ1) is 9.58. The second-order valence-electron chi connectivity index (χ2n) is 4.47. The molecule has 1 aliphatic rings. The highest BCUT2D eigenvalue weighted by Gasteiger charge is 2.25. The molecule has 20 heavy (non-hydrogen) atoms. The van der Waals surface area contributed by atoms with E-state index in [1.165, 1.54) is 0 Å². The average molecular weight is 328 g/mol. The molecule has 0 N–H and O–H groups in total. The molecular weight excluding hydrogens is 319 g/mol. The molecular formula is C15H9Cl3O2. The van der Waals surface area contributed by atoms with Gasteiger partial charge < -0.3 is 4.74 Å². The number of hydrogen-bond donors (Lipinski definition) is 0. The predicted molar refractivity (Wildman–Crippen MR) is 80.5 cm³/mol. The van der Waals surface area contributed by atoms with E-state index in [1.54, 1.807) is 24.3 Å². The van der Waals surface area contributed by atoms with Crippen molar-refractivity contribution >= 4 is 40.6 Å². The lowest BCUT2D eigenvalue weighted by Gasteiger charge is -2.10. The fraction of sp³-hybridized carbons (Fsp3) is 0.133. The van der Waals surface area contributed by atoms with Crippen molar-refractivity contribution in [1.82, 2.24) is 0 Å². The Hall–Kier alpha value is -1.22. The third-order valence-electron chi connectivity index (χ3n) is 3.18. The molecule has 0 amide bonds. The van der Waals surface area contributed by atoms with Gasteiger partial charge in [0.1, 0.15) is 5.75 Å². The van der Waals surface area contributed by atoms with Gasteiger partial charge in [-0.2, -0.15) is 0 Å². The lowest BCUT2D eigenvalue weighted by atomic mass is 9.99. The molecule has 0 saturated heterocycles. The third kappa shape index (κ3) is 2.28. The van der Waals surface area contributed by atoms with Gasteiger partial charge in [0.2, 0.25) is 0 Å². The van der Waals surface area contributed by atoms with Gasteiger partial charge in [-0.1, -0.05) is 40.9 Å². The van der Waals surface area contributed by atoms with Crippen LogP contribution in [0.25, 0.3) is 0 Å². The summed E-state index contributed by atoms with van der Waals surface area (Å²) in [6, 6.07) is 8.36. The zero-order valence-corrected chi connectivity index (χ0v) is 12.5. The first-order valence-electron chi connectivity index (χ1n) is 6.02. The lowest BCUT2D eigenvalue weighted by molar-refractivity contribution is 0.103. The molecule has 0 radical (unpaired) electrons. The number of halogens is 3. The SMILES string of the molecule is O=C(c1cc(Cl)cc2c1OCC2)c1c(Cl)cccc1Cl. The Morgan fingerprint density at radius 1 is 1.10 bits per heavy atom. The number of hydrogen-bond acceptors (Lipinski definition) is 2. The van der Waals surface area contributed by atoms with Gasteiger partial charge >= 0.3 is 0 Å². The molecule has 5 heteroatoms. The van der Waals surface area contributed by atoms with Crippen LogP contribution in [0.2, 0.25) is 15.1 Å². The summed E-state index contributed by atoms with van der Waals surface area (Å²) < 4.78 is 5.54. The summed E-state index contributed by atoms with van der Waals surface area (Å²) in [7, 11) is 0. The van der Waals surface area contributed by atoms with Crippen LogP contribution in [0.5, 0.6) is 5.75 Å². The maximum Gasteiger partial charge on any atom is 0.199 e. The van der Waals surface area contributed by atoms with E-state index in [4.69, 9.17) is 39.5 Å². The molecule has 1 aliphatic heterocycles. The zero-order chi connectivity index (χ0) is 14.3. The highest BCUT2D eigenvalue weighted by molar-refractivity contribution is 6.41. The summed E-state index contributed by atoms with van der Waals surface area (Å²) in [5.41, 5.74) is 1.61. The maximum absolute atomic E-state index is 12.7. The molecule has 0 fully saturated rings. The monoisotopic (exact) mass is 326 g/mol. The first-order valence-corrected chi connectivity index (χ1v) is 7.15. The molecule has 102 valence electrons. The van der Waals surface area contributed by atoms with Gasteiger partial charge in [-0.05, 0) is 29.8 Å². The van der Waals surface area contributed by atoms with E-state index in [2.05, 4.69) is 0 Å². The summed E-state index contributed by atoms with van der Waals surface area (Å²) in [5, 5.41) is 1.13. The van der Waals surface area contributed by atoms with Gasteiger partial charge in [0.25, 0.3) is 0 Å². The largest absolute Gasteiger partial charge is 0.492 e. The number of ether oxygens (including phenoxy) is 1. The summed E-state index contributed by atoms with van der Waals surface area (Å²) >= 11 is 18.2. The van der Waals surface area contributed by atoms with Crippen LogP contribution < -0.4 is 4.74 Å². The molecule has 2 aromatic carbocycles. The Morgan fingerprint density at radius 2 is 1.80 bits per heavy atom. The Kier molecular flexibility index (Phi) is 3.63. The number of benzene rings is 2. The Morgan fingerprint density at radius 3 is 2.50 bits per heavy atom. The van der Waals surface area contributed by atoms with Crippen LogP contribution >= 0.6 is 34.8 Å². The van der Waals surface area contributed by atoms with Crippen LogP contribution in [0.15, 0.2) is 30.3 Å². The highest BCUT2D eigenvalue weighted by Crippen LogP contribution is 2.36. The molecule has 1 heterocycles. The molecule has 0 aliphatic carbocycles. The van der Waals surface area contributed by atoms with Gasteiger partial charge in [0.05, 0.1) is 27.8 Å². The van der Waals surface area contributed by atoms with Gasteiger partial charge in [-0.25, -0.2) is 0 Å². The van der Waals surface area contributed by atoms with E-state index < -0.39 is 0 Å². The van der Waals surface area contributed by atoms with Gasteiger partial charge in [0.15, 0.2) is 5.78 Å². The number of rotatable bonds is 2. The molecule has 3 rings (SSSR count). The van der Waals surface area contributed by atoms with Crippen molar-refractivity contribution in [1.29, 1.82) is 0 Å². The van der Waals surface area contributed by atoms with Crippen molar-refractivity contribution in [3.63, 3.8) is 0 Å². The molecule has 0 spiro atoms. The fourth-order valence-corrected chi connectivity index (χ4v) is 3.10. The van der Waals surface area contributed by atoms with Crippen molar-refractivity contribution in [3.05, 3.63) is 62.1 Å². The minimum absolute atomic E-state index is 0.274. The first kappa shape index (κ1) is 13.7. The van der Waals surface area contributed by atoms with E-state index in [0.717, 1.165) is 12.0 Å². The van der Waals surface area contributed by atoms with Crippen LogP contribution in [0, 0.1) is 0 Å². The standard InChI is InChI=1S/C15H9Cl3O2/c16-9-6-8-4-5-20-15(8)10(7-9)14(19)13-11(17)2-1-3-12(13)18/h1-3,6-7H,4-5H2. The Balaban J connectivity index is 2.17. The number of ketones is 1. The summed E-state index contributed by atoms with van der Waals surface area (Å²) in [4.78, 5) is 12.7. The van der Waals surface area contributed by atoms with Crippen molar-refractivity contribution in [2.45, 2.75) is 6.42 Å². The second kappa shape index (κ2) is 5.28. The summed E-state index contributed by atoms with van der Waals surface area (Å²) in [6.07, 6.45) is 0.742. The topological polar surface area (TPSA) is 26.3 Å². The van der Waals surface area contributed by atoms with E-state index in [0.29, 0.717) is 33.0 Å². The second-order valence-corrected chi connectivity index (χ2v) is 5.72. The Bertz CT molecular complexity index is 690. The quantitative estimate of drug-likeness (QED) is 0.740. The maximum atomic E-state index is 12.7. The van der Waals surface area contributed by atoms with Gasteiger partial charge in [0, 0.05) is 11.4 Å². The minimum Gasteiger partial charge on any atom is -0.492 e. The van der Waals surface area contributed by atoms with E-state index in [9.17, 15) is 4.79 Å². The van der Waals surface area contributed by atoms with Crippen LogP contribution in [0.3, 0.4) is 0 Å². The van der Waals surface area contributed by atoms with Crippen LogP contribution in [-0.2, 0) is 6.42 Å². The predicted octanol–water partition coefficient (Wildman–Crippen LogP) is 4.81. The normalized spacial score (nSPS) is 12.9. The van der Waals surface area contributed by atoms with E-state index >= 15 is 0 Å². The van der Waals surface area contributed by atoms with E-state index in [1.807, 2.05) is 6.07 Å². The highest BCUT2D eigenvalue weighted by atomic mass is 35.5. The molecule has 0 bridgehead atoms. The van der Waals surface area contributed by atoms with Gasteiger partial charge in [-0.15, -0.1) is 0 Å². The average Bonchev–Trinajstić information content (AvgIpc) is 2.85. The third-order valence-corrected chi connectivity index (χ3v) is 4.03. The molecule has 2 nitrogen and oxygen atoms in total. The molecule has 0 aromatic heterocycles. The van der Waals surface area contributed by atoms with Crippen LogP contribution in [0.1, 0.15) is 21.5 Å². The zero-order valence-electron chi connectivity index (χ0n) is 10.3. The number of carbonyl (C=O) groups is 1. The van der Waals surface area contributed by atoms with Gasteiger partial charge in [-0.3, -0.25) is 4.79 Å². The van der Waals surface area contributed by atoms with E-state index in [-0.39, 0.29) is 11.3 Å². The molecule has 0 atom stereocenters. The van der Waals surface area contributed by atoms with Crippen molar-refractivity contribution < 1.29 is 9.53 Å². The smallest absolute Gasteiger partial charge is 0.199 e. The van der Waals surface area contributed by atoms with Crippen LogP contribution in [-0.4, -0.2) is 12.4 Å². The van der Waals surface area contributed by atoms with Crippen LogP contribution in [0.4, 0.5) is 0 Å². The number of carbonyl (C=O) groups excluding carboxylic acids is 1. The van der Waals surface area contributed by atoms with Crippen molar-refractivity contribution in [2.75, 3.05) is 6.61 Å².